The third kappa shape index (κ3) is 27.1. The number of hydrogen-bond donors (Lipinski definition) is 4. The first kappa shape index (κ1) is 49.9. The van der Waals surface area contributed by atoms with Gasteiger partial charge in [-0.15, -0.1) is 0 Å². The predicted octanol–water partition coefficient (Wildman–Crippen LogP) is 7.91. The zero-order valence-electron chi connectivity index (χ0n) is 33.1. The second kappa shape index (κ2) is 33.0. The van der Waals surface area contributed by atoms with Gasteiger partial charge < -0.3 is 34.3 Å². The van der Waals surface area contributed by atoms with Crippen LogP contribution in [0.3, 0.4) is 0 Å². The molecule has 0 saturated carbocycles. The SMILES string of the molecule is CCCCCCCCCC/C=C\CCCCCCCCCCCCCCOCC(COC1OC(CO)C(O)C(OS(=O)(=O)O)C1O)OC(=O)CCCC. The number of ether oxygens (including phenoxy) is 4. The number of rotatable bonds is 36. The molecule has 1 aliphatic heterocycles. The van der Waals surface area contributed by atoms with Crippen LogP contribution in [0.1, 0.15) is 174 Å². The first-order valence-electron chi connectivity index (χ1n) is 20.9. The Morgan fingerprint density at radius 1 is 0.698 bits per heavy atom. The van der Waals surface area contributed by atoms with Crippen molar-refractivity contribution in [2.75, 3.05) is 26.4 Å². The molecule has 0 aliphatic carbocycles. The average molecular weight is 781 g/mol. The van der Waals surface area contributed by atoms with Gasteiger partial charge in [-0.25, -0.2) is 4.18 Å². The maximum atomic E-state index is 12.3. The van der Waals surface area contributed by atoms with Crippen LogP contribution in [0.25, 0.3) is 0 Å². The van der Waals surface area contributed by atoms with Gasteiger partial charge in [-0.1, -0.05) is 142 Å². The average Bonchev–Trinajstić information content (AvgIpc) is 3.13. The second-order valence-corrected chi connectivity index (χ2v) is 15.6. The Kier molecular flexibility index (Phi) is 31.1. The zero-order valence-corrected chi connectivity index (χ0v) is 33.9. The summed E-state index contributed by atoms with van der Waals surface area (Å²) in [6.07, 6.45) is 25.5. The van der Waals surface area contributed by atoms with Crippen molar-refractivity contribution in [3.05, 3.63) is 12.2 Å². The lowest BCUT2D eigenvalue weighted by molar-refractivity contribution is -0.301. The fraction of sp³-hybridized carbons (Fsp3) is 0.925. The van der Waals surface area contributed by atoms with Crippen LogP contribution in [0.5, 0.6) is 0 Å². The highest BCUT2D eigenvalue weighted by atomic mass is 32.3. The number of aliphatic hydroxyl groups excluding tert-OH is 3. The monoisotopic (exact) mass is 781 g/mol. The number of hydrogen-bond acceptors (Lipinski definition) is 11. The number of unbranched alkanes of at least 4 members (excludes halogenated alkanes) is 21. The summed E-state index contributed by atoms with van der Waals surface area (Å²) in [5.74, 6) is -0.433. The summed E-state index contributed by atoms with van der Waals surface area (Å²) in [5, 5.41) is 30.3. The molecule has 1 saturated heterocycles. The molecule has 1 fully saturated rings. The van der Waals surface area contributed by atoms with Gasteiger partial charge in [-0.3, -0.25) is 9.35 Å². The van der Waals surface area contributed by atoms with Gasteiger partial charge in [0, 0.05) is 13.0 Å². The first-order valence-corrected chi connectivity index (χ1v) is 22.3. The molecule has 0 aromatic carbocycles. The van der Waals surface area contributed by atoms with Crippen LogP contribution in [0.15, 0.2) is 12.2 Å². The molecule has 0 spiro atoms. The summed E-state index contributed by atoms with van der Waals surface area (Å²) in [5.41, 5.74) is 0. The minimum Gasteiger partial charge on any atom is -0.457 e. The Morgan fingerprint density at radius 2 is 1.19 bits per heavy atom. The number of aliphatic hydroxyl groups is 3. The normalized spacial score (nSPS) is 21.4. The highest BCUT2D eigenvalue weighted by Crippen LogP contribution is 2.26. The lowest BCUT2D eigenvalue weighted by atomic mass is 9.99. The highest BCUT2D eigenvalue weighted by molar-refractivity contribution is 7.80. The molecular weight excluding hydrogens is 704 g/mol. The molecular formula is C40H76O12S. The molecule has 0 aromatic rings. The van der Waals surface area contributed by atoms with E-state index in [1.165, 1.54) is 122 Å². The summed E-state index contributed by atoms with van der Waals surface area (Å²) < 4.78 is 58.2. The highest BCUT2D eigenvalue weighted by Gasteiger charge is 2.48. The van der Waals surface area contributed by atoms with E-state index in [-0.39, 0.29) is 19.6 Å². The lowest BCUT2D eigenvalue weighted by Crippen LogP contribution is -2.60. The van der Waals surface area contributed by atoms with Crippen molar-refractivity contribution in [2.45, 2.75) is 211 Å². The standard InChI is InChI=1S/C40H76O12S/c1-3-5-7-8-9-10-11-12-13-14-15-16-17-18-19-20-21-22-23-24-25-26-27-28-30-48-32-34(50-36(42)29-6-4-2)33-49-40-38(44)39(52-53(45,46)47)37(43)35(31-41)51-40/h14-15,34-35,37-41,43-44H,3-13,16-33H2,1-2H3,(H,45,46,47)/b15-14-. The molecule has 53 heavy (non-hydrogen) atoms. The largest absolute Gasteiger partial charge is 0.457 e. The van der Waals surface area contributed by atoms with Gasteiger partial charge in [0.25, 0.3) is 0 Å². The maximum Gasteiger partial charge on any atom is 0.397 e. The third-order valence-corrected chi connectivity index (χ3v) is 10.1. The molecule has 314 valence electrons. The molecule has 4 N–H and O–H groups in total. The van der Waals surface area contributed by atoms with E-state index >= 15 is 0 Å². The van der Waals surface area contributed by atoms with Crippen LogP contribution in [0.2, 0.25) is 0 Å². The van der Waals surface area contributed by atoms with Crippen LogP contribution in [0, 0.1) is 0 Å². The van der Waals surface area contributed by atoms with Crippen molar-refractivity contribution in [2.24, 2.45) is 0 Å². The fourth-order valence-electron chi connectivity index (χ4n) is 6.41. The van der Waals surface area contributed by atoms with Crippen LogP contribution in [0.4, 0.5) is 0 Å². The van der Waals surface area contributed by atoms with E-state index in [1.54, 1.807) is 0 Å². The number of esters is 1. The van der Waals surface area contributed by atoms with Gasteiger partial charge in [0.05, 0.1) is 19.8 Å². The zero-order chi connectivity index (χ0) is 39.0. The van der Waals surface area contributed by atoms with E-state index < -0.39 is 59.8 Å². The number of carbonyl (C=O) groups excluding carboxylic acids is 1. The van der Waals surface area contributed by atoms with Crippen LogP contribution >= 0.6 is 0 Å². The Balaban J connectivity index is 2.14. The fourth-order valence-corrected chi connectivity index (χ4v) is 6.92. The smallest absolute Gasteiger partial charge is 0.397 e. The van der Waals surface area contributed by atoms with Gasteiger partial charge >= 0.3 is 16.4 Å². The molecule has 6 atom stereocenters. The first-order chi connectivity index (χ1) is 25.6. The van der Waals surface area contributed by atoms with Crippen molar-refractivity contribution >= 4 is 16.4 Å². The maximum absolute atomic E-state index is 12.3. The van der Waals surface area contributed by atoms with Gasteiger partial charge in [-0.2, -0.15) is 8.42 Å². The Labute approximate surface area is 321 Å². The minimum atomic E-state index is -5.04. The summed E-state index contributed by atoms with van der Waals surface area (Å²) in [4.78, 5) is 12.3. The van der Waals surface area contributed by atoms with Crippen molar-refractivity contribution in [1.29, 1.82) is 0 Å². The molecule has 13 heteroatoms. The van der Waals surface area contributed by atoms with Gasteiger partial charge in [-0.05, 0) is 38.5 Å². The topological polar surface area (TPSA) is 178 Å². The Morgan fingerprint density at radius 3 is 1.68 bits per heavy atom. The van der Waals surface area contributed by atoms with Gasteiger partial charge in [0.15, 0.2) is 6.29 Å². The van der Waals surface area contributed by atoms with Crippen molar-refractivity contribution < 1.29 is 56.2 Å². The molecule has 12 nitrogen and oxygen atoms in total. The van der Waals surface area contributed by atoms with Crippen LogP contribution in [-0.2, 0) is 38.3 Å². The van der Waals surface area contributed by atoms with Gasteiger partial charge in [0.1, 0.15) is 30.5 Å². The van der Waals surface area contributed by atoms with Crippen molar-refractivity contribution in [3.8, 4) is 0 Å². The molecule has 0 radical (unpaired) electrons. The molecule has 0 aromatic heterocycles. The van der Waals surface area contributed by atoms with E-state index in [1.807, 2.05) is 6.92 Å². The van der Waals surface area contributed by atoms with Crippen LogP contribution < -0.4 is 0 Å². The van der Waals surface area contributed by atoms with Crippen molar-refractivity contribution in [3.63, 3.8) is 0 Å². The van der Waals surface area contributed by atoms with E-state index in [2.05, 4.69) is 23.3 Å². The van der Waals surface area contributed by atoms with E-state index in [4.69, 9.17) is 23.5 Å². The molecule has 1 heterocycles. The Hall–Kier alpha value is -1.16. The predicted molar refractivity (Wildman–Crippen MR) is 207 cm³/mol. The second-order valence-electron chi connectivity index (χ2n) is 14.6. The molecule has 1 rings (SSSR count). The Bertz CT molecular complexity index is 994. The van der Waals surface area contributed by atoms with E-state index in [0.717, 1.165) is 25.7 Å². The van der Waals surface area contributed by atoms with Gasteiger partial charge in [0.2, 0.25) is 0 Å². The van der Waals surface area contributed by atoms with E-state index in [0.29, 0.717) is 13.0 Å². The summed E-state index contributed by atoms with van der Waals surface area (Å²) >= 11 is 0. The third-order valence-electron chi connectivity index (χ3n) is 9.64. The van der Waals surface area contributed by atoms with E-state index in [9.17, 15) is 28.5 Å². The number of carbonyl (C=O) groups is 1. The molecule has 1 aliphatic rings. The van der Waals surface area contributed by atoms with Crippen molar-refractivity contribution in [1.82, 2.24) is 0 Å². The summed E-state index contributed by atoms with van der Waals surface area (Å²) in [7, 11) is -5.04. The molecule has 0 bridgehead atoms. The lowest BCUT2D eigenvalue weighted by Gasteiger charge is -2.41. The summed E-state index contributed by atoms with van der Waals surface area (Å²) in [6.45, 7) is 3.72. The summed E-state index contributed by atoms with van der Waals surface area (Å²) in [6, 6.07) is 0. The number of allylic oxidation sites excluding steroid dienone is 2. The molecule has 0 amide bonds. The van der Waals surface area contributed by atoms with Crippen LogP contribution in [-0.4, -0.2) is 97.5 Å². The molecule has 6 unspecified atom stereocenters. The quantitative estimate of drug-likeness (QED) is 0.0209. The minimum absolute atomic E-state index is 0.0355.